The van der Waals surface area contributed by atoms with Gasteiger partial charge in [-0.05, 0) is 40.8 Å². The van der Waals surface area contributed by atoms with Gasteiger partial charge in [0.05, 0.1) is 0 Å². The van der Waals surface area contributed by atoms with E-state index >= 15 is 0 Å². The van der Waals surface area contributed by atoms with Crippen molar-refractivity contribution in [3.8, 4) is 0 Å². The Morgan fingerprint density at radius 2 is 2.14 bits per heavy atom. The zero-order chi connectivity index (χ0) is 19.5. The number of nitrogens with one attached hydrogen (secondary N) is 1. The number of anilines is 1. The van der Waals surface area contributed by atoms with Crippen LogP contribution >= 0.6 is 15.9 Å². The highest BCUT2D eigenvalue weighted by Crippen LogP contribution is 2.35. The molecule has 0 bridgehead atoms. The summed E-state index contributed by atoms with van der Waals surface area (Å²) in [7, 11) is 0. The van der Waals surface area contributed by atoms with E-state index in [2.05, 4.69) is 31.2 Å². The fourth-order valence-corrected chi connectivity index (χ4v) is 4.39. The second-order valence-corrected chi connectivity index (χ2v) is 7.81. The fraction of sp³-hybridized carbons (Fsp3) is 0.350. The van der Waals surface area contributed by atoms with Crippen LogP contribution in [0.3, 0.4) is 0 Å². The lowest BCUT2D eigenvalue weighted by atomic mass is 9.85. The molecule has 0 aliphatic heterocycles. The maximum atomic E-state index is 12.2. The van der Waals surface area contributed by atoms with Crippen molar-refractivity contribution in [1.82, 2.24) is 19.7 Å². The number of nitrogens with zero attached hydrogens (tertiary/aromatic N) is 3. The number of imidazole rings is 1. The average molecular weight is 444 g/mol. The van der Waals surface area contributed by atoms with Crippen LogP contribution < -0.4 is 11.1 Å². The summed E-state index contributed by atoms with van der Waals surface area (Å²) in [6.07, 6.45) is 6.96. The highest BCUT2D eigenvalue weighted by atomic mass is 79.9. The van der Waals surface area contributed by atoms with Crippen LogP contribution in [0.4, 0.5) is 10.6 Å². The third-order valence-corrected chi connectivity index (χ3v) is 5.69. The predicted molar refractivity (Wildman–Crippen MR) is 110 cm³/mol. The number of halogens is 1. The van der Waals surface area contributed by atoms with Gasteiger partial charge in [-0.1, -0.05) is 36.8 Å². The van der Waals surface area contributed by atoms with Crippen molar-refractivity contribution in [2.24, 2.45) is 0 Å². The molecule has 3 aromatic rings. The summed E-state index contributed by atoms with van der Waals surface area (Å²) in [4.78, 5) is 21.0. The maximum absolute atomic E-state index is 12.2. The SMILES string of the molecule is Nc1nccn2c([C@@H]3CCC[C@@H](NC(=O)OCc4ccccc4)C3)nc(Br)c12. The number of hydrogen-bond acceptors (Lipinski definition) is 5. The lowest BCUT2D eigenvalue weighted by Gasteiger charge is -2.28. The summed E-state index contributed by atoms with van der Waals surface area (Å²) < 4.78 is 8.05. The van der Waals surface area contributed by atoms with Crippen LogP contribution in [0, 0.1) is 0 Å². The third-order valence-electron chi connectivity index (χ3n) is 5.14. The number of alkyl carbamates (subject to hydrolysis) is 1. The first-order chi connectivity index (χ1) is 13.6. The fourth-order valence-electron chi connectivity index (χ4n) is 3.82. The molecule has 7 nitrogen and oxygen atoms in total. The standard InChI is InChI=1S/C20H22BrN5O2/c21-17-16-18(22)23-9-10-26(16)19(25-17)14-7-4-8-15(11-14)24-20(27)28-12-13-5-2-1-3-6-13/h1-3,5-6,9-10,14-15H,4,7-8,11-12H2,(H2,22,23)(H,24,27)/t14-,15-/m1/s1. The van der Waals surface area contributed by atoms with Gasteiger partial charge >= 0.3 is 6.09 Å². The number of nitrogens with two attached hydrogens (primary N) is 1. The van der Waals surface area contributed by atoms with Gasteiger partial charge in [-0.25, -0.2) is 14.8 Å². The van der Waals surface area contributed by atoms with E-state index in [9.17, 15) is 4.79 Å². The Hall–Kier alpha value is -2.61. The van der Waals surface area contributed by atoms with Crippen molar-refractivity contribution in [3.63, 3.8) is 0 Å². The molecule has 4 rings (SSSR count). The zero-order valence-corrected chi connectivity index (χ0v) is 16.9. The van der Waals surface area contributed by atoms with Crippen molar-refractivity contribution in [1.29, 1.82) is 0 Å². The lowest BCUT2D eigenvalue weighted by Crippen LogP contribution is -2.38. The number of aromatic nitrogens is 3. The van der Waals surface area contributed by atoms with Gasteiger partial charge in [0.25, 0.3) is 0 Å². The van der Waals surface area contributed by atoms with Gasteiger partial charge in [-0.15, -0.1) is 0 Å². The minimum Gasteiger partial charge on any atom is -0.445 e. The van der Waals surface area contributed by atoms with Crippen molar-refractivity contribution < 1.29 is 9.53 Å². The van der Waals surface area contributed by atoms with Crippen LogP contribution in [-0.2, 0) is 11.3 Å². The molecule has 0 radical (unpaired) electrons. The van der Waals surface area contributed by atoms with E-state index in [4.69, 9.17) is 10.5 Å². The van der Waals surface area contributed by atoms with Gasteiger partial charge in [-0.2, -0.15) is 0 Å². The molecule has 8 heteroatoms. The number of amides is 1. The summed E-state index contributed by atoms with van der Waals surface area (Å²) in [5.74, 6) is 1.62. The van der Waals surface area contributed by atoms with E-state index in [-0.39, 0.29) is 24.7 Å². The Balaban J connectivity index is 1.41. The van der Waals surface area contributed by atoms with Crippen LogP contribution in [0.15, 0.2) is 47.3 Å². The van der Waals surface area contributed by atoms with Crippen molar-refractivity contribution in [2.75, 3.05) is 5.73 Å². The summed E-state index contributed by atoms with van der Waals surface area (Å²) in [6, 6.07) is 9.73. The molecule has 2 atom stereocenters. The number of carbonyl (C=O) groups excluding carboxylic acids is 1. The molecule has 0 unspecified atom stereocenters. The van der Waals surface area contributed by atoms with Crippen LogP contribution in [0.1, 0.15) is 43.0 Å². The first-order valence-electron chi connectivity index (χ1n) is 9.37. The molecule has 1 saturated carbocycles. The number of ether oxygens (including phenoxy) is 1. The monoisotopic (exact) mass is 443 g/mol. The molecule has 2 heterocycles. The second kappa shape index (κ2) is 8.18. The van der Waals surface area contributed by atoms with E-state index in [1.54, 1.807) is 6.20 Å². The van der Waals surface area contributed by atoms with Gasteiger partial charge in [-0.3, -0.25) is 4.40 Å². The summed E-state index contributed by atoms with van der Waals surface area (Å²) >= 11 is 3.49. The van der Waals surface area contributed by atoms with E-state index in [0.29, 0.717) is 10.4 Å². The number of hydrogen-bond donors (Lipinski definition) is 2. The molecule has 1 fully saturated rings. The number of nitrogen functional groups attached to an aromatic ring is 1. The maximum Gasteiger partial charge on any atom is 0.407 e. The predicted octanol–water partition coefficient (Wildman–Crippen LogP) is 4.03. The average Bonchev–Trinajstić information content (AvgIpc) is 3.05. The molecule has 146 valence electrons. The Morgan fingerprint density at radius 1 is 1.32 bits per heavy atom. The molecular formula is C20H22BrN5O2. The molecule has 1 aliphatic carbocycles. The quantitative estimate of drug-likeness (QED) is 0.634. The van der Waals surface area contributed by atoms with Crippen LogP contribution in [0.25, 0.3) is 5.52 Å². The van der Waals surface area contributed by atoms with Gasteiger partial charge in [0.15, 0.2) is 5.82 Å². The number of rotatable bonds is 4. The van der Waals surface area contributed by atoms with Crippen molar-refractivity contribution in [2.45, 2.75) is 44.2 Å². The van der Waals surface area contributed by atoms with E-state index in [0.717, 1.165) is 42.6 Å². The largest absolute Gasteiger partial charge is 0.445 e. The van der Waals surface area contributed by atoms with Gasteiger partial charge in [0.1, 0.15) is 22.6 Å². The molecular weight excluding hydrogens is 422 g/mol. The van der Waals surface area contributed by atoms with E-state index in [1.807, 2.05) is 40.9 Å². The molecule has 28 heavy (non-hydrogen) atoms. The molecule has 1 aromatic carbocycles. The molecule has 1 amide bonds. The highest BCUT2D eigenvalue weighted by Gasteiger charge is 2.28. The number of benzene rings is 1. The number of fused-ring (bicyclic) bond motifs is 1. The smallest absolute Gasteiger partial charge is 0.407 e. The highest BCUT2D eigenvalue weighted by molar-refractivity contribution is 9.10. The normalized spacial score (nSPS) is 19.5. The Bertz CT molecular complexity index is 975. The summed E-state index contributed by atoms with van der Waals surface area (Å²) in [5, 5.41) is 3.01. The Labute approximate surface area is 171 Å². The Kier molecular flexibility index (Phi) is 5.47. The van der Waals surface area contributed by atoms with Crippen molar-refractivity contribution >= 4 is 33.4 Å². The first-order valence-corrected chi connectivity index (χ1v) is 10.2. The molecule has 1 aliphatic rings. The Morgan fingerprint density at radius 3 is 2.96 bits per heavy atom. The van der Waals surface area contributed by atoms with Gasteiger partial charge < -0.3 is 15.8 Å². The van der Waals surface area contributed by atoms with E-state index < -0.39 is 0 Å². The summed E-state index contributed by atoms with van der Waals surface area (Å²) in [5.41, 5.74) is 7.76. The van der Waals surface area contributed by atoms with E-state index in [1.165, 1.54) is 0 Å². The lowest BCUT2D eigenvalue weighted by molar-refractivity contribution is 0.132. The second-order valence-electron chi connectivity index (χ2n) is 7.06. The molecule has 0 saturated heterocycles. The van der Waals surface area contributed by atoms with Crippen molar-refractivity contribution in [3.05, 3.63) is 58.7 Å². The first kappa shape index (κ1) is 18.7. The van der Waals surface area contributed by atoms with Crippen LogP contribution in [-0.4, -0.2) is 26.5 Å². The van der Waals surface area contributed by atoms with Crippen LogP contribution in [0.5, 0.6) is 0 Å². The summed E-state index contributed by atoms with van der Waals surface area (Å²) in [6.45, 7) is 0.271. The molecule has 3 N–H and O–H groups in total. The van der Waals surface area contributed by atoms with Crippen LogP contribution in [0.2, 0.25) is 0 Å². The van der Waals surface area contributed by atoms with Gasteiger partial charge in [0, 0.05) is 24.4 Å². The third kappa shape index (κ3) is 3.96. The number of carbonyl (C=O) groups is 1. The minimum absolute atomic E-state index is 0.0623. The molecule has 2 aromatic heterocycles. The molecule has 0 spiro atoms. The zero-order valence-electron chi connectivity index (χ0n) is 15.3. The van der Waals surface area contributed by atoms with Gasteiger partial charge in [0.2, 0.25) is 0 Å². The topological polar surface area (TPSA) is 94.5 Å². The minimum atomic E-state index is -0.378.